The Hall–Kier alpha value is -1.56. The lowest BCUT2D eigenvalue weighted by atomic mass is 9.82. The predicted molar refractivity (Wildman–Crippen MR) is 108 cm³/mol. The van der Waals surface area contributed by atoms with Crippen LogP contribution in [0.25, 0.3) is 0 Å². The lowest BCUT2D eigenvalue weighted by molar-refractivity contribution is -0.254. The van der Waals surface area contributed by atoms with Gasteiger partial charge in [0.2, 0.25) is 6.29 Å². The molecule has 10 nitrogen and oxygen atoms in total. The van der Waals surface area contributed by atoms with E-state index in [2.05, 4.69) is 10.3 Å². The SMILES string of the molecule is CCOCc1cn(CCCS(=O)(=O)OC2C(OC(C)=O)OC(CC)C(C)C2C)nn1. The molecule has 1 aliphatic rings. The Morgan fingerprint density at radius 3 is 2.63 bits per heavy atom. The van der Waals surface area contributed by atoms with Crippen LogP contribution in [0.15, 0.2) is 6.20 Å². The highest BCUT2D eigenvalue weighted by Gasteiger charge is 2.45. The molecule has 0 saturated carbocycles. The van der Waals surface area contributed by atoms with Crippen LogP contribution in [-0.2, 0) is 46.5 Å². The minimum absolute atomic E-state index is 0.0564. The van der Waals surface area contributed by atoms with E-state index in [0.29, 0.717) is 31.9 Å². The van der Waals surface area contributed by atoms with Gasteiger partial charge in [-0.1, -0.05) is 26.0 Å². The number of carbonyl (C=O) groups excluding carboxylic acids is 1. The summed E-state index contributed by atoms with van der Waals surface area (Å²) in [6.07, 6.45) is 0.679. The zero-order valence-corrected chi connectivity index (χ0v) is 19.1. The Bertz CT molecular complexity index is 783. The van der Waals surface area contributed by atoms with E-state index in [4.69, 9.17) is 18.4 Å². The fourth-order valence-electron chi connectivity index (χ4n) is 3.46. The van der Waals surface area contributed by atoms with Crippen molar-refractivity contribution in [3.63, 3.8) is 0 Å². The van der Waals surface area contributed by atoms with Crippen LogP contribution in [0.4, 0.5) is 0 Å². The average molecular weight is 448 g/mol. The summed E-state index contributed by atoms with van der Waals surface area (Å²) in [7, 11) is -3.87. The van der Waals surface area contributed by atoms with Crippen molar-refractivity contribution in [2.24, 2.45) is 11.8 Å². The summed E-state index contributed by atoms with van der Waals surface area (Å²) in [5.41, 5.74) is 0.688. The van der Waals surface area contributed by atoms with E-state index < -0.39 is 28.5 Å². The third-order valence-electron chi connectivity index (χ3n) is 5.28. The second kappa shape index (κ2) is 11.2. The van der Waals surface area contributed by atoms with Crippen molar-refractivity contribution in [3.8, 4) is 0 Å². The van der Waals surface area contributed by atoms with Crippen molar-refractivity contribution < 1.29 is 31.6 Å². The molecule has 30 heavy (non-hydrogen) atoms. The minimum Gasteiger partial charge on any atom is -0.433 e. The summed E-state index contributed by atoms with van der Waals surface area (Å²) in [5, 5.41) is 7.94. The van der Waals surface area contributed by atoms with Crippen molar-refractivity contribution in [1.82, 2.24) is 15.0 Å². The van der Waals surface area contributed by atoms with Gasteiger partial charge in [0.25, 0.3) is 10.1 Å². The third kappa shape index (κ3) is 7.00. The van der Waals surface area contributed by atoms with Gasteiger partial charge in [0.1, 0.15) is 11.8 Å². The van der Waals surface area contributed by atoms with E-state index in [-0.39, 0.29) is 23.7 Å². The van der Waals surface area contributed by atoms with Gasteiger partial charge in [0.05, 0.1) is 24.7 Å². The largest absolute Gasteiger partial charge is 0.433 e. The quantitative estimate of drug-likeness (QED) is 0.370. The van der Waals surface area contributed by atoms with Crippen LogP contribution in [0.5, 0.6) is 0 Å². The number of aryl methyl sites for hydroxylation is 1. The Morgan fingerprint density at radius 2 is 2.00 bits per heavy atom. The first-order chi connectivity index (χ1) is 14.2. The lowest BCUT2D eigenvalue weighted by Crippen LogP contribution is -2.52. The van der Waals surface area contributed by atoms with Crippen LogP contribution in [0.3, 0.4) is 0 Å². The number of esters is 1. The van der Waals surface area contributed by atoms with E-state index >= 15 is 0 Å². The van der Waals surface area contributed by atoms with Crippen molar-refractivity contribution >= 4 is 16.1 Å². The molecule has 1 aromatic heterocycles. The molecule has 0 spiro atoms. The Morgan fingerprint density at radius 1 is 1.27 bits per heavy atom. The van der Waals surface area contributed by atoms with E-state index in [1.165, 1.54) is 6.92 Å². The number of rotatable bonds is 11. The molecule has 5 unspecified atom stereocenters. The maximum atomic E-state index is 12.6. The van der Waals surface area contributed by atoms with Gasteiger partial charge in [-0.25, -0.2) is 0 Å². The second-order valence-electron chi connectivity index (χ2n) is 7.57. The lowest BCUT2D eigenvalue weighted by Gasteiger charge is -2.43. The molecule has 0 radical (unpaired) electrons. The van der Waals surface area contributed by atoms with E-state index in [1.54, 1.807) is 10.9 Å². The van der Waals surface area contributed by atoms with Crippen molar-refractivity contribution in [2.45, 2.75) is 79.1 Å². The molecule has 2 rings (SSSR count). The first kappa shape index (κ1) is 24.7. The van der Waals surface area contributed by atoms with Crippen LogP contribution < -0.4 is 0 Å². The Kier molecular flexibility index (Phi) is 9.20. The zero-order valence-electron chi connectivity index (χ0n) is 18.3. The highest BCUT2D eigenvalue weighted by Crippen LogP contribution is 2.35. The molecule has 0 bridgehead atoms. The predicted octanol–water partition coefficient (Wildman–Crippen LogP) is 1.89. The normalized spacial score (nSPS) is 27.2. The van der Waals surface area contributed by atoms with Crippen molar-refractivity contribution in [1.29, 1.82) is 0 Å². The average Bonchev–Trinajstić information content (AvgIpc) is 3.13. The topological polar surface area (TPSA) is 119 Å². The number of carbonyl (C=O) groups is 1. The van der Waals surface area contributed by atoms with Crippen molar-refractivity contribution in [2.75, 3.05) is 12.4 Å². The fraction of sp³-hybridized carbons (Fsp3) is 0.842. The highest BCUT2D eigenvalue weighted by atomic mass is 32.2. The molecule has 1 aliphatic heterocycles. The van der Waals surface area contributed by atoms with Gasteiger partial charge >= 0.3 is 5.97 Å². The number of hydrogen-bond acceptors (Lipinski definition) is 9. The molecule has 0 amide bonds. The third-order valence-corrected chi connectivity index (χ3v) is 6.58. The fourth-order valence-corrected chi connectivity index (χ4v) is 4.64. The van der Waals surface area contributed by atoms with E-state index in [1.807, 2.05) is 27.7 Å². The standard InChI is InChI=1S/C19H33N3O7S/c1-6-17-13(3)14(4)18(19(28-17)27-15(5)23)29-30(24,25)10-8-9-22-11-16(20-21-22)12-26-7-2/h11,13-14,17-19H,6-10,12H2,1-5H3. The first-order valence-corrected chi connectivity index (χ1v) is 11.9. The summed E-state index contributed by atoms with van der Waals surface area (Å²) < 4.78 is 48.5. The van der Waals surface area contributed by atoms with Crippen LogP contribution in [0.1, 0.15) is 53.2 Å². The van der Waals surface area contributed by atoms with Crippen LogP contribution >= 0.6 is 0 Å². The molecular formula is C19H33N3O7S. The van der Waals surface area contributed by atoms with Gasteiger partial charge in [-0.05, 0) is 31.6 Å². The molecule has 1 saturated heterocycles. The summed E-state index contributed by atoms with van der Waals surface area (Å²) in [6, 6.07) is 0. The van der Waals surface area contributed by atoms with Crippen LogP contribution in [0.2, 0.25) is 0 Å². The van der Waals surface area contributed by atoms with E-state index in [9.17, 15) is 13.2 Å². The molecule has 0 aliphatic carbocycles. The Labute approximate surface area is 178 Å². The van der Waals surface area contributed by atoms with Crippen LogP contribution in [-0.4, -0.2) is 60.2 Å². The zero-order chi connectivity index (χ0) is 22.3. The molecular weight excluding hydrogens is 414 g/mol. The molecule has 0 N–H and O–H groups in total. The van der Waals surface area contributed by atoms with Gasteiger partial charge in [-0.15, -0.1) is 5.10 Å². The van der Waals surface area contributed by atoms with Gasteiger partial charge < -0.3 is 14.2 Å². The molecule has 11 heteroatoms. The maximum absolute atomic E-state index is 12.6. The minimum atomic E-state index is -3.87. The monoisotopic (exact) mass is 447 g/mol. The first-order valence-electron chi connectivity index (χ1n) is 10.4. The highest BCUT2D eigenvalue weighted by molar-refractivity contribution is 7.86. The van der Waals surface area contributed by atoms with Gasteiger partial charge in [-0.3, -0.25) is 13.7 Å². The Balaban J connectivity index is 1.95. The smallest absolute Gasteiger partial charge is 0.305 e. The number of nitrogens with zero attached hydrogens (tertiary/aromatic N) is 3. The van der Waals surface area contributed by atoms with Gasteiger partial charge in [-0.2, -0.15) is 8.42 Å². The number of ether oxygens (including phenoxy) is 3. The number of hydrogen-bond donors (Lipinski definition) is 0. The summed E-state index contributed by atoms with van der Waals surface area (Å²) in [6.45, 7) is 10.3. The van der Waals surface area contributed by atoms with Crippen LogP contribution in [0, 0.1) is 11.8 Å². The van der Waals surface area contributed by atoms with Gasteiger partial charge in [0.15, 0.2) is 0 Å². The molecule has 0 aromatic carbocycles. The molecule has 1 aromatic rings. The maximum Gasteiger partial charge on any atom is 0.305 e. The molecule has 5 atom stereocenters. The number of aromatic nitrogens is 3. The van der Waals surface area contributed by atoms with E-state index in [0.717, 1.165) is 6.42 Å². The summed E-state index contributed by atoms with van der Waals surface area (Å²) >= 11 is 0. The van der Waals surface area contributed by atoms with Gasteiger partial charge in [0, 0.05) is 20.1 Å². The van der Waals surface area contributed by atoms with Crippen molar-refractivity contribution in [3.05, 3.63) is 11.9 Å². The molecule has 2 heterocycles. The summed E-state index contributed by atoms with van der Waals surface area (Å²) in [4.78, 5) is 11.5. The molecule has 1 fully saturated rings. The molecule has 172 valence electrons. The second-order valence-corrected chi connectivity index (χ2v) is 9.28. The summed E-state index contributed by atoms with van der Waals surface area (Å²) in [5.74, 6) is -0.855.